The molecule has 2 N–H and O–H groups in total. The maximum absolute atomic E-state index is 4.38. The van der Waals surface area contributed by atoms with Crippen molar-refractivity contribution in [1.82, 2.24) is 15.5 Å². The highest BCUT2D eigenvalue weighted by Gasteiger charge is 2.21. The third kappa shape index (κ3) is 7.27. The quantitative estimate of drug-likeness (QED) is 0.369. The van der Waals surface area contributed by atoms with E-state index in [-0.39, 0.29) is 24.0 Å². The average Bonchev–Trinajstić information content (AvgIpc) is 3.13. The molecule has 0 saturated carbocycles. The second kappa shape index (κ2) is 11.3. The Bertz CT molecular complexity index is 503. The summed E-state index contributed by atoms with van der Waals surface area (Å²) in [6.07, 6.45) is 3.60. The number of guanidine groups is 1. The Morgan fingerprint density at radius 1 is 1.46 bits per heavy atom. The van der Waals surface area contributed by atoms with Gasteiger partial charge in [-0.2, -0.15) is 0 Å². The zero-order valence-electron chi connectivity index (χ0n) is 15.5. The van der Waals surface area contributed by atoms with Gasteiger partial charge in [0, 0.05) is 42.4 Å². The van der Waals surface area contributed by atoms with Crippen molar-refractivity contribution in [1.29, 1.82) is 0 Å². The van der Waals surface area contributed by atoms with Gasteiger partial charge in [-0.15, -0.1) is 35.3 Å². The average molecular weight is 464 g/mol. The van der Waals surface area contributed by atoms with Crippen LogP contribution in [0.2, 0.25) is 0 Å². The molecule has 1 aliphatic heterocycles. The van der Waals surface area contributed by atoms with E-state index in [4.69, 9.17) is 0 Å². The number of rotatable bonds is 7. The SMILES string of the molecule is CCCN1CCC(CNC(=NC)NC(C)Cc2ccc(C)s2)C1.I. The van der Waals surface area contributed by atoms with Gasteiger partial charge in [-0.1, -0.05) is 6.92 Å². The molecule has 0 amide bonds. The molecule has 1 aliphatic rings. The minimum absolute atomic E-state index is 0. The van der Waals surface area contributed by atoms with Crippen LogP contribution in [0.5, 0.6) is 0 Å². The first-order valence-electron chi connectivity index (χ1n) is 8.85. The van der Waals surface area contributed by atoms with Gasteiger partial charge < -0.3 is 15.5 Å². The first-order valence-corrected chi connectivity index (χ1v) is 9.67. The number of halogens is 1. The standard InChI is InChI=1S/C18H32N4S.HI/c1-5-9-22-10-8-16(13-22)12-20-18(19-4)21-14(2)11-17-7-6-15(3)23-17;/h6-7,14,16H,5,8-13H2,1-4H3,(H2,19,20,21);1H. The lowest BCUT2D eigenvalue weighted by Gasteiger charge is -2.19. The zero-order chi connectivity index (χ0) is 16.7. The Labute approximate surface area is 168 Å². The van der Waals surface area contributed by atoms with Crippen molar-refractivity contribution in [2.24, 2.45) is 10.9 Å². The van der Waals surface area contributed by atoms with Crippen molar-refractivity contribution in [3.8, 4) is 0 Å². The lowest BCUT2D eigenvalue weighted by Crippen LogP contribution is -2.44. The molecule has 2 heterocycles. The molecule has 6 heteroatoms. The highest BCUT2D eigenvalue weighted by atomic mass is 127. The highest BCUT2D eigenvalue weighted by molar-refractivity contribution is 14.0. The maximum Gasteiger partial charge on any atom is 0.191 e. The smallest absolute Gasteiger partial charge is 0.191 e. The first-order chi connectivity index (χ1) is 11.1. The van der Waals surface area contributed by atoms with Crippen LogP contribution < -0.4 is 10.6 Å². The van der Waals surface area contributed by atoms with E-state index >= 15 is 0 Å². The Balaban J connectivity index is 0.00000288. The Kier molecular flexibility index (Phi) is 10.2. The van der Waals surface area contributed by atoms with Gasteiger partial charge >= 0.3 is 0 Å². The predicted octanol–water partition coefficient (Wildman–Crippen LogP) is 3.50. The Morgan fingerprint density at radius 2 is 2.25 bits per heavy atom. The molecule has 0 aromatic carbocycles. The summed E-state index contributed by atoms with van der Waals surface area (Å²) < 4.78 is 0. The minimum Gasteiger partial charge on any atom is -0.356 e. The van der Waals surface area contributed by atoms with Crippen molar-refractivity contribution < 1.29 is 0 Å². The molecule has 1 aromatic heterocycles. The molecule has 2 unspecified atom stereocenters. The van der Waals surface area contributed by atoms with Gasteiger partial charge in [0.15, 0.2) is 5.96 Å². The molecule has 2 atom stereocenters. The summed E-state index contributed by atoms with van der Waals surface area (Å²) in [6, 6.07) is 4.82. The predicted molar refractivity (Wildman–Crippen MR) is 117 cm³/mol. The van der Waals surface area contributed by atoms with Gasteiger partial charge in [0.25, 0.3) is 0 Å². The number of aliphatic imine (C=N–C) groups is 1. The highest BCUT2D eigenvalue weighted by Crippen LogP contribution is 2.17. The molecular weight excluding hydrogens is 431 g/mol. The summed E-state index contributed by atoms with van der Waals surface area (Å²) in [7, 11) is 1.86. The van der Waals surface area contributed by atoms with Gasteiger partial charge in [0.1, 0.15) is 0 Å². The molecule has 1 aromatic rings. The number of nitrogens with one attached hydrogen (secondary N) is 2. The van der Waals surface area contributed by atoms with Gasteiger partial charge in [0.05, 0.1) is 0 Å². The second-order valence-electron chi connectivity index (χ2n) is 6.67. The zero-order valence-corrected chi connectivity index (χ0v) is 18.6. The summed E-state index contributed by atoms with van der Waals surface area (Å²) in [6.45, 7) is 11.4. The van der Waals surface area contributed by atoms with Gasteiger partial charge in [0.2, 0.25) is 0 Å². The fourth-order valence-electron chi connectivity index (χ4n) is 3.22. The van der Waals surface area contributed by atoms with E-state index in [1.54, 1.807) is 0 Å². The fourth-order valence-corrected chi connectivity index (χ4v) is 4.23. The van der Waals surface area contributed by atoms with E-state index in [2.05, 4.69) is 53.4 Å². The van der Waals surface area contributed by atoms with E-state index in [0.29, 0.717) is 6.04 Å². The third-order valence-electron chi connectivity index (χ3n) is 4.38. The second-order valence-corrected chi connectivity index (χ2v) is 8.04. The minimum atomic E-state index is 0. The van der Waals surface area contributed by atoms with Crippen molar-refractivity contribution in [3.63, 3.8) is 0 Å². The summed E-state index contributed by atoms with van der Waals surface area (Å²) in [5.41, 5.74) is 0. The lowest BCUT2D eigenvalue weighted by molar-refractivity contribution is 0.324. The number of hydrogen-bond donors (Lipinski definition) is 2. The molecule has 0 bridgehead atoms. The number of nitrogens with zero attached hydrogens (tertiary/aromatic N) is 2. The van der Waals surface area contributed by atoms with Crippen LogP contribution in [0, 0.1) is 12.8 Å². The summed E-state index contributed by atoms with van der Waals surface area (Å²) in [5.74, 6) is 1.68. The number of likely N-dealkylation sites (tertiary alicyclic amines) is 1. The van der Waals surface area contributed by atoms with Crippen molar-refractivity contribution in [2.45, 2.75) is 46.1 Å². The van der Waals surface area contributed by atoms with Crippen LogP contribution in [0.25, 0.3) is 0 Å². The summed E-state index contributed by atoms with van der Waals surface area (Å²) in [5, 5.41) is 7.03. The van der Waals surface area contributed by atoms with E-state index in [9.17, 15) is 0 Å². The van der Waals surface area contributed by atoms with Crippen molar-refractivity contribution in [2.75, 3.05) is 33.2 Å². The van der Waals surface area contributed by atoms with Gasteiger partial charge in [-0.25, -0.2) is 0 Å². The van der Waals surface area contributed by atoms with Crippen LogP contribution >= 0.6 is 35.3 Å². The molecule has 24 heavy (non-hydrogen) atoms. The number of hydrogen-bond acceptors (Lipinski definition) is 3. The van der Waals surface area contributed by atoms with Crippen LogP contribution in [0.15, 0.2) is 17.1 Å². The molecule has 1 saturated heterocycles. The van der Waals surface area contributed by atoms with Gasteiger partial charge in [-0.05, 0) is 57.8 Å². The molecule has 138 valence electrons. The normalized spacial score (nSPS) is 19.8. The monoisotopic (exact) mass is 464 g/mol. The van der Waals surface area contributed by atoms with Gasteiger partial charge in [-0.3, -0.25) is 4.99 Å². The molecular formula is C18H33IN4S. The molecule has 4 nitrogen and oxygen atoms in total. The summed E-state index contributed by atoms with van der Waals surface area (Å²) in [4.78, 5) is 9.77. The van der Waals surface area contributed by atoms with E-state index in [1.807, 2.05) is 18.4 Å². The summed E-state index contributed by atoms with van der Waals surface area (Å²) >= 11 is 1.88. The Hall–Kier alpha value is -0.340. The molecule has 0 spiro atoms. The van der Waals surface area contributed by atoms with Crippen molar-refractivity contribution in [3.05, 3.63) is 21.9 Å². The topological polar surface area (TPSA) is 39.7 Å². The van der Waals surface area contributed by atoms with E-state index < -0.39 is 0 Å². The van der Waals surface area contributed by atoms with E-state index in [0.717, 1.165) is 24.8 Å². The fraction of sp³-hybridized carbons (Fsp3) is 0.722. The number of thiophene rings is 1. The molecule has 2 rings (SSSR count). The van der Waals surface area contributed by atoms with Crippen LogP contribution in [0.1, 0.15) is 36.4 Å². The first kappa shape index (κ1) is 21.7. The van der Waals surface area contributed by atoms with E-state index in [1.165, 1.54) is 42.2 Å². The Morgan fingerprint density at radius 3 is 2.88 bits per heavy atom. The van der Waals surface area contributed by atoms with Crippen LogP contribution in [-0.4, -0.2) is 50.1 Å². The molecule has 0 radical (unpaired) electrons. The largest absolute Gasteiger partial charge is 0.356 e. The maximum atomic E-state index is 4.38. The number of aryl methyl sites for hydroxylation is 1. The molecule has 0 aliphatic carbocycles. The van der Waals surface area contributed by atoms with Crippen molar-refractivity contribution >= 4 is 41.3 Å². The molecule has 1 fully saturated rings. The van der Waals surface area contributed by atoms with Crippen LogP contribution in [-0.2, 0) is 6.42 Å². The third-order valence-corrected chi connectivity index (χ3v) is 5.40. The van der Waals surface area contributed by atoms with Crippen LogP contribution in [0.4, 0.5) is 0 Å². The van der Waals surface area contributed by atoms with Crippen LogP contribution in [0.3, 0.4) is 0 Å². The lowest BCUT2D eigenvalue weighted by atomic mass is 10.1.